The standard InChI is InChI=1S/C14H11BrN2O2/c1-8-4-2-3-5-10(8)12-14(18)17-13-11(19-12)6-9(15)7-16-13/h2-7,12H,1H3,(H,16,17,18). The second kappa shape index (κ2) is 4.66. The molecule has 1 aromatic heterocycles. The molecular weight excluding hydrogens is 308 g/mol. The van der Waals surface area contributed by atoms with E-state index in [2.05, 4.69) is 26.2 Å². The van der Waals surface area contributed by atoms with E-state index in [1.165, 1.54) is 0 Å². The summed E-state index contributed by atoms with van der Waals surface area (Å²) in [6, 6.07) is 9.49. The molecule has 1 unspecified atom stereocenters. The van der Waals surface area contributed by atoms with Crippen LogP contribution in [-0.4, -0.2) is 10.9 Å². The number of nitrogens with one attached hydrogen (secondary N) is 1. The van der Waals surface area contributed by atoms with Crippen LogP contribution in [0.5, 0.6) is 5.75 Å². The number of ether oxygens (including phenoxy) is 1. The highest BCUT2D eigenvalue weighted by atomic mass is 79.9. The van der Waals surface area contributed by atoms with Crippen LogP contribution in [0.4, 0.5) is 5.82 Å². The topological polar surface area (TPSA) is 51.2 Å². The van der Waals surface area contributed by atoms with Crippen molar-refractivity contribution >= 4 is 27.7 Å². The Kier molecular flexibility index (Phi) is 2.98. The summed E-state index contributed by atoms with van der Waals surface area (Å²) in [5.41, 5.74) is 1.89. The molecule has 4 nitrogen and oxygen atoms in total. The number of hydrogen-bond donors (Lipinski definition) is 1. The number of rotatable bonds is 1. The van der Waals surface area contributed by atoms with Gasteiger partial charge in [-0.3, -0.25) is 4.79 Å². The SMILES string of the molecule is Cc1ccccc1C1Oc2cc(Br)cnc2NC1=O. The third-order valence-electron chi connectivity index (χ3n) is 3.01. The van der Waals surface area contributed by atoms with Crippen molar-refractivity contribution < 1.29 is 9.53 Å². The molecule has 2 aromatic rings. The van der Waals surface area contributed by atoms with Gasteiger partial charge in [-0.1, -0.05) is 24.3 Å². The maximum Gasteiger partial charge on any atom is 0.271 e. The Morgan fingerprint density at radius 1 is 1.37 bits per heavy atom. The van der Waals surface area contributed by atoms with Crippen molar-refractivity contribution in [2.24, 2.45) is 0 Å². The van der Waals surface area contributed by atoms with Crippen LogP contribution in [0.15, 0.2) is 41.0 Å². The molecule has 1 atom stereocenters. The van der Waals surface area contributed by atoms with Crippen molar-refractivity contribution in [2.45, 2.75) is 13.0 Å². The molecule has 0 spiro atoms. The largest absolute Gasteiger partial charge is 0.472 e. The maximum absolute atomic E-state index is 12.1. The molecule has 1 aromatic carbocycles. The summed E-state index contributed by atoms with van der Waals surface area (Å²) in [5, 5.41) is 2.77. The molecule has 96 valence electrons. The van der Waals surface area contributed by atoms with E-state index in [0.717, 1.165) is 15.6 Å². The molecule has 0 bridgehead atoms. The van der Waals surface area contributed by atoms with E-state index < -0.39 is 6.10 Å². The van der Waals surface area contributed by atoms with E-state index in [9.17, 15) is 4.79 Å². The Morgan fingerprint density at radius 3 is 2.95 bits per heavy atom. The quantitative estimate of drug-likeness (QED) is 0.878. The highest BCUT2D eigenvalue weighted by Gasteiger charge is 2.30. The molecule has 0 fully saturated rings. The van der Waals surface area contributed by atoms with Gasteiger partial charge in [-0.15, -0.1) is 0 Å². The molecule has 0 radical (unpaired) electrons. The number of nitrogens with zero attached hydrogens (tertiary/aromatic N) is 1. The smallest absolute Gasteiger partial charge is 0.271 e. The number of anilines is 1. The lowest BCUT2D eigenvalue weighted by molar-refractivity contribution is -0.123. The first-order chi connectivity index (χ1) is 9.15. The molecular formula is C14H11BrN2O2. The number of carbonyl (C=O) groups excluding carboxylic acids is 1. The summed E-state index contributed by atoms with van der Waals surface area (Å²) in [7, 11) is 0. The Morgan fingerprint density at radius 2 is 2.16 bits per heavy atom. The minimum atomic E-state index is -0.634. The van der Waals surface area contributed by atoms with Crippen LogP contribution in [0, 0.1) is 6.92 Å². The highest BCUT2D eigenvalue weighted by Crippen LogP contribution is 2.35. The van der Waals surface area contributed by atoms with Crippen molar-refractivity contribution in [2.75, 3.05) is 5.32 Å². The van der Waals surface area contributed by atoms with Crippen molar-refractivity contribution in [3.05, 3.63) is 52.1 Å². The number of aromatic nitrogens is 1. The predicted octanol–water partition coefficient (Wildman–Crippen LogP) is 3.22. The van der Waals surface area contributed by atoms with Crippen molar-refractivity contribution in [3.8, 4) is 5.75 Å². The summed E-state index contributed by atoms with van der Waals surface area (Å²) in [5.74, 6) is 0.830. The fourth-order valence-electron chi connectivity index (χ4n) is 2.05. The van der Waals surface area contributed by atoms with Gasteiger partial charge in [-0.2, -0.15) is 0 Å². The Labute approximate surface area is 118 Å². The minimum absolute atomic E-state index is 0.198. The third-order valence-corrected chi connectivity index (χ3v) is 3.45. The molecule has 1 aliphatic rings. The number of benzene rings is 1. The van der Waals surface area contributed by atoms with Crippen molar-refractivity contribution in [3.63, 3.8) is 0 Å². The zero-order valence-corrected chi connectivity index (χ0v) is 11.8. The van der Waals surface area contributed by atoms with Crippen LogP contribution < -0.4 is 10.1 Å². The summed E-state index contributed by atoms with van der Waals surface area (Å²) >= 11 is 3.34. The van der Waals surface area contributed by atoms with Gasteiger partial charge in [0.25, 0.3) is 5.91 Å². The van der Waals surface area contributed by atoms with Crippen molar-refractivity contribution in [1.29, 1.82) is 0 Å². The molecule has 1 aliphatic heterocycles. The summed E-state index contributed by atoms with van der Waals surface area (Å²) in [4.78, 5) is 16.2. The first kappa shape index (κ1) is 12.2. The molecule has 5 heteroatoms. The second-order valence-electron chi connectivity index (χ2n) is 4.34. The number of halogens is 1. The molecule has 19 heavy (non-hydrogen) atoms. The van der Waals surface area contributed by atoms with E-state index >= 15 is 0 Å². The number of fused-ring (bicyclic) bond motifs is 1. The van der Waals surface area contributed by atoms with Crippen LogP contribution in [0.2, 0.25) is 0 Å². The molecule has 2 heterocycles. The van der Waals surface area contributed by atoms with Crippen molar-refractivity contribution in [1.82, 2.24) is 4.98 Å². The molecule has 1 amide bonds. The highest BCUT2D eigenvalue weighted by molar-refractivity contribution is 9.10. The Hall–Kier alpha value is -1.88. The van der Waals surface area contributed by atoms with Gasteiger partial charge in [0.05, 0.1) is 0 Å². The summed E-state index contributed by atoms with van der Waals surface area (Å²) < 4.78 is 6.60. The molecule has 1 N–H and O–H groups in total. The van der Waals surface area contributed by atoms with E-state index in [1.54, 1.807) is 12.3 Å². The second-order valence-corrected chi connectivity index (χ2v) is 5.26. The first-order valence-electron chi connectivity index (χ1n) is 5.84. The van der Waals surface area contributed by atoms with E-state index in [0.29, 0.717) is 11.6 Å². The number of aryl methyl sites for hydroxylation is 1. The summed E-state index contributed by atoms with van der Waals surface area (Å²) in [6.07, 6.45) is 0.987. The number of amides is 1. The number of hydrogen-bond acceptors (Lipinski definition) is 3. The first-order valence-corrected chi connectivity index (χ1v) is 6.63. The fraction of sp³-hybridized carbons (Fsp3) is 0.143. The van der Waals surface area contributed by atoms with Crippen LogP contribution in [0.3, 0.4) is 0 Å². The zero-order chi connectivity index (χ0) is 13.4. The van der Waals surface area contributed by atoms with Gasteiger partial charge in [0, 0.05) is 16.2 Å². The normalized spacial score (nSPS) is 17.4. The number of pyridine rings is 1. The average Bonchev–Trinajstić information content (AvgIpc) is 2.39. The average molecular weight is 319 g/mol. The number of carbonyl (C=O) groups is 1. The monoisotopic (exact) mass is 318 g/mol. The van der Waals surface area contributed by atoms with Crippen LogP contribution >= 0.6 is 15.9 Å². The van der Waals surface area contributed by atoms with Gasteiger partial charge in [0.15, 0.2) is 11.6 Å². The zero-order valence-electron chi connectivity index (χ0n) is 10.2. The molecule has 0 saturated heterocycles. The predicted molar refractivity (Wildman–Crippen MR) is 75.1 cm³/mol. The van der Waals surface area contributed by atoms with Gasteiger partial charge >= 0.3 is 0 Å². The minimum Gasteiger partial charge on any atom is -0.472 e. The fourth-order valence-corrected chi connectivity index (χ4v) is 2.36. The van der Waals surface area contributed by atoms with Gasteiger partial charge < -0.3 is 10.1 Å². The van der Waals surface area contributed by atoms with Gasteiger partial charge in [-0.05, 0) is 34.5 Å². The third kappa shape index (κ3) is 2.21. The maximum atomic E-state index is 12.1. The molecule has 0 saturated carbocycles. The van der Waals surface area contributed by atoms with Crippen LogP contribution in [-0.2, 0) is 4.79 Å². The van der Waals surface area contributed by atoms with E-state index in [-0.39, 0.29) is 5.91 Å². The van der Waals surface area contributed by atoms with Gasteiger partial charge in [0.2, 0.25) is 6.10 Å². The van der Waals surface area contributed by atoms with E-state index in [4.69, 9.17) is 4.74 Å². The van der Waals surface area contributed by atoms with E-state index in [1.807, 2.05) is 31.2 Å². The molecule has 3 rings (SSSR count). The van der Waals surface area contributed by atoms with Gasteiger partial charge in [0.1, 0.15) is 0 Å². The Bertz CT molecular complexity index is 658. The van der Waals surface area contributed by atoms with Crippen LogP contribution in [0.25, 0.3) is 0 Å². The molecule has 0 aliphatic carbocycles. The lowest BCUT2D eigenvalue weighted by Gasteiger charge is -2.26. The van der Waals surface area contributed by atoms with Gasteiger partial charge in [-0.25, -0.2) is 4.98 Å². The lowest BCUT2D eigenvalue weighted by atomic mass is 10.0. The summed E-state index contributed by atoms with van der Waals surface area (Å²) in [6.45, 7) is 1.96. The van der Waals surface area contributed by atoms with Crippen LogP contribution in [0.1, 0.15) is 17.2 Å². The Balaban J connectivity index is 2.02. The lowest BCUT2D eigenvalue weighted by Crippen LogP contribution is -2.31.